The number of nitrogens with two attached hydrogens (primary N) is 1. The number of aromatic nitrogens is 2. The predicted molar refractivity (Wildman–Crippen MR) is 86.6 cm³/mol. The SMILES string of the molecule is NC(=O)Cc1csc(NC(=O)c2sccc2-n2cccc2)n1. The minimum Gasteiger partial charge on any atom is -0.369 e. The molecule has 6 nitrogen and oxygen atoms in total. The summed E-state index contributed by atoms with van der Waals surface area (Å²) < 4.78 is 1.88. The lowest BCUT2D eigenvalue weighted by atomic mass is 10.3. The molecule has 22 heavy (non-hydrogen) atoms. The van der Waals surface area contributed by atoms with Gasteiger partial charge < -0.3 is 10.3 Å². The van der Waals surface area contributed by atoms with Gasteiger partial charge in [0.05, 0.1) is 17.8 Å². The van der Waals surface area contributed by atoms with Gasteiger partial charge in [0.2, 0.25) is 5.91 Å². The number of nitrogens with zero attached hydrogens (tertiary/aromatic N) is 2. The monoisotopic (exact) mass is 332 g/mol. The second kappa shape index (κ2) is 6.12. The maximum Gasteiger partial charge on any atom is 0.269 e. The third-order valence-corrected chi connectivity index (χ3v) is 4.57. The molecule has 0 atom stereocenters. The third-order valence-electron chi connectivity index (χ3n) is 2.86. The summed E-state index contributed by atoms with van der Waals surface area (Å²) in [5.74, 6) is -0.671. The number of rotatable bonds is 5. The lowest BCUT2D eigenvalue weighted by Gasteiger charge is -2.04. The molecule has 2 amide bonds. The number of primary amides is 1. The maximum atomic E-state index is 12.4. The Kier molecular flexibility index (Phi) is 4.03. The smallest absolute Gasteiger partial charge is 0.269 e. The Hall–Kier alpha value is -2.45. The number of carbonyl (C=O) groups is 2. The highest BCUT2D eigenvalue weighted by Gasteiger charge is 2.16. The summed E-state index contributed by atoms with van der Waals surface area (Å²) in [6.45, 7) is 0. The lowest BCUT2D eigenvalue weighted by Crippen LogP contribution is -2.14. The summed E-state index contributed by atoms with van der Waals surface area (Å²) in [5, 5.41) is 6.78. The number of thiophene rings is 1. The minimum atomic E-state index is -0.448. The quantitative estimate of drug-likeness (QED) is 0.751. The third kappa shape index (κ3) is 3.07. The van der Waals surface area contributed by atoms with E-state index in [-0.39, 0.29) is 12.3 Å². The summed E-state index contributed by atoms with van der Waals surface area (Å²) in [6, 6.07) is 5.69. The van der Waals surface area contributed by atoms with E-state index in [2.05, 4.69) is 10.3 Å². The fourth-order valence-corrected chi connectivity index (χ4v) is 3.44. The van der Waals surface area contributed by atoms with E-state index < -0.39 is 5.91 Å². The van der Waals surface area contributed by atoms with Crippen LogP contribution in [0.25, 0.3) is 5.69 Å². The van der Waals surface area contributed by atoms with Crippen LogP contribution in [-0.2, 0) is 11.2 Å². The summed E-state index contributed by atoms with van der Waals surface area (Å²) in [4.78, 5) is 28.0. The van der Waals surface area contributed by atoms with Crippen LogP contribution in [0.2, 0.25) is 0 Å². The fourth-order valence-electron chi connectivity index (χ4n) is 1.95. The van der Waals surface area contributed by atoms with Crippen LogP contribution in [0.4, 0.5) is 5.13 Å². The Morgan fingerprint density at radius 1 is 1.27 bits per heavy atom. The van der Waals surface area contributed by atoms with Gasteiger partial charge in [0.1, 0.15) is 4.88 Å². The zero-order valence-electron chi connectivity index (χ0n) is 11.4. The first kappa shape index (κ1) is 14.5. The fraction of sp³-hybridized carbons (Fsp3) is 0.0714. The second-order valence-electron chi connectivity index (χ2n) is 4.47. The molecule has 112 valence electrons. The Labute approximate surface area is 134 Å². The molecule has 3 aromatic heterocycles. The van der Waals surface area contributed by atoms with E-state index in [0.29, 0.717) is 15.7 Å². The first-order chi connectivity index (χ1) is 10.6. The minimum absolute atomic E-state index is 0.0694. The van der Waals surface area contributed by atoms with E-state index in [4.69, 9.17) is 5.73 Å². The number of anilines is 1. The van der Waals surface area contributed by atoms with Crippen molar-refractivity contribution in [1.82, 2.24) is 9.55 Å². The van der Waals surface area contributed by atoms with Crippen molar-refractivity contribution in [1.29, 1.82) is 0 Å². The van der Waals surface area contributed by atoms with Crippen LogP contribution in [0.1, 0.15) is 15.4 Å². The van der Waals surface area contributed by atoms with Crippen molar-refractivity contribution in [2.45, 2.75) is 6.42 Å². The molecule has 0 aliphatic heterocycles. The van der Waals surface area contributed by atoms with E-state index in [9.17, 15) is 9.59 Å². The Morgan fingerprint density at radius 2 is 2.05 bits per heavy atom. The van der Waals surface area contributed by atoms with Crippen molar-refractivity contribution >= 4 is 39.6 Å². The molecule has 3 rings (SSSR count). The van der Waals surface area contributed by atoms with Crippen molar-refractivity contribution in [2.24, 2.45) is 5.73 Å². The number of carbonyl (C=O) groups excluding carboxylic acids is 2. The van der Waals surface area contributed by atoms with Gasteiger partial charge in [-0.1, -0.05) is 0 Å². The van der Waals surface area contributed by atoms with E-state index in [1.165, 1.54) is 22.7 Å². The molecular weight excluding hydrogens is 320 g/mol. The summed E-state index contributed by atoms with van der Waals surface area (Å²) in [5.41, 5.74) is 6.50. The van der Waals surface area contributed by atoms with E-state index in [0.717, 1.165) is 5.69 Å². The molecule has 3 aromatic rings. The lowest BCUT2D eigenvalue weighted by molar-refractivity contribution is -0.117. The zero-order valence-corrected chi connectivity index (χ0v) is 13.0. The van der Waals surface area contributed by atoms with Crippen LogP contribution in [0.3, 0.4) is 0 Å². The van der Waals surface area contributed by atoms with Crippen LogP contribution < -0.4 is 11.1 Å². The topological polar surface area (TPSA) is 90.0 Å². The van der Waals surface area contributed by atoms with Gasteiger partial charge in [0, 0.05) is 17.8 Å². The molecule has 0 aliphatic carbocycles. The molecule has 0 unspecified atom stereocenters. The summed E-state index contributed by atoms with van der Waals surface area (Å²) in [6.07, 6.45) is 3.83. The number of nitrogens with one attached hydrogen (secondary N) is 1. The van der Waals surface area contributed by atoms with Crippen LogP contribution in [0, 0.1) is 0 Å². The van der Waals surface area contributed by atoms with Gasteiger partial charge in [0.25, 0.3) is 5.91 Å². The molecule has 0 aliphatic rings. The van der Waals surface area contributed by atoms with E-state index in [1.54, 1.807) is 5.38 Å². The average molecular weight is 332 g/mol. The highest BCUT2D eigenvalue weighted by atomic mass is 32.1. The summed E-state index contributed by atoms with van der Waals surface area (Å²) in [7, 11) is 0. The van der Waals surface area contributed by atoms with Crippen LogP contribution in [-0.4, -0.2) is 21.4 Å². The van der Waals surface area contributed by atoms with E-state index in [1.807, 2.05) is 40.5 Å². The Balaban J connectivity index is 1.77. The van der Waals surface area contributed by atoms with Crippen molar-refractivity contribution in [3.63, 3.8) is 0 Å². The predicted octanol–water partition coefficient (Wildman–Crippen LogP) is 2.28. The van der Waals surface area contributed by atoms with Crippen molar-refractivity contribution in [3.8, 4) is 5.69 Å². The molecule has 0 fully saturated rings. The maximum absolute atomic E-state index is 12.4. The zero-order chi connectivity index (χ0) is 15.5. The molecule has 3 heterocycles. The number of thiazole rings is 1. The first-order valence-corrected chi connectivity index (χ1v) is 8.14. The number of amides is 2. The van der Waals surface area contributed by atoms with Crippen molar-refractivity contribution in [3.05, 3.63) is 51.9 Å². The van der Waals surface area contributed by atoms with Crippen LogP contribution >= 0.6 is 22.7 Å². The molecule has 0 spiro atoms. The molecular formula is C14H12N4O2S2. The Bertz CT molecular complexity index is 805. The van der Waals surface area contributed by atoms with Gasteiger partial charge >= 0.3 is 0 Å². The van der Waals surface area contributed by atoms with Crippen LogP contribution in [0.15, 0.2) is 41.4 Å². The van der Waals surface area contributed by atoms with Gasteiger partial charge in [-0.05, 0) is 23.6 Å². The molecule has 0 aromatic carbocycles. The molecule has 0 saturated carbocycles. The van der Waals surface area contributed by atoms with E-state index >= 15 is 0 Å². The standard InChI is InChI=1S/C14H12N4O2S2/c15-11(19)7-9-8-22-14(16-9)17-13(20)12-10(3-6-21-12)18-4-1-2-5-18/h1-6,8H,7H2,(H2,15,19)(H,16,17,20). The molecule has 0 bridgehead atoms. The van der Waals surface area contributed by atoms with Gasteiger partial charge in [0.15, 0.2) is 5.13 Å². The first-order valence-electron chi connectivity index (χ1n) is 6.38. The molecule has 0 radical (unpaired) electrons. The average Bonchev–Trinajstić information content (AvgIpc) is 3.18. The largest absolute Gasteiger partial charge is 0.369 e. The molecule has 3 N–H and O–H groups in total. The second-order valence-corrected chi connectivity index (χ2v) is 6.24. The van der Waals surface area contributed by atoms with Gasteiger partial charge in [-0.3, -0.25) is 14.9 Å². The van der Waals surface area contributed by atoms with Gasteiger partial charge in [-0.25, -0.2) is 4.98 Å². The molecule has 8 heteroatoms. The van der Waals surface area contributed by atoms with Crippen molar-refractivity contribution in [2.75, 3.05) is 5.32 Å². The summed E-state index contributed by atoms with van der Waals surface area (Å²) >= 11 is 2.63. The van der Waals surface area contributed by atoms with Crippen molar-refractivity contribution < 1.29 is 9.59 Å². The van der Waals surface area contributed by atoms with Crippen LogP contribution in [0.5, 0.6) is 0 Å². The molecule has 0 saturated heterocycles. The number of hydrogen-bond donors (Lipinski definition) is 2. The highest BCUT2D eigenvalue weighted by Crippen LogP contribution is 2.24. The number of hydrogen-bond acceptors (Lipinski definition) is 5. The van der Waals surface area contributed by atoms with Gasteiger partial charge in [-0.2, -0.15) is 0 Å². The Morgan fingerprint density at radius 3 is 2.77 bits per heavy atom. The normalized spacial score (nSPS) is 10.5. The highest BCUT2D eigenvalue weighted by molar-refractivity contribution is 7.14. The van der Waals surface area contributed by atoms with Gasteiger partial charge in [-0.15, -0.1) is 22.7 Å².